The lowest BCUT2D eigenvalue weighted by Gasteiger charge is -2.39. The number of halogens is 2. The molecule has 0 aromatic heterocycles. The monoisotopic (exact) mass is 475 g/mol. The van der Waals surface area contributed by atoms with Crippen LogP contribution in [0.5, 0.6) is 0 Å². The minimum atomic E-state index is -0.819. The molecule has 1 aliphatic heterocycles. The van der Waals surface area contributed by atoms with E-state index in [9.17, 15) is 14.4 Å². The van der Waals surface area contributed by atoms with Crippen LogP contribution < -0.4 is 10.6 Å². The maximum absolute atomic E-state index is 13.2. The van der Waals surface area contributed by atoms with Gasteiger partial charge in [-0.25, -0.2) is 4.79 Å². The minimum Gasteiger partial charge on any atom is -0.350 e. The normalized spacial score (nSPS) is 32.8. The number of urea groups is 1. The zero-order valence-electron chi connectivity index (χ0n) is 18.0. The average Bonchev–Trinajstić information content (AvgIpc) is 3.21. The number of rotatable bonds is 4. The zero-order valence-corrected chi connectivity index (χ0v) is 19.5. The Morgan fingerprint density at radius 2 is 2.06 bits per heavy atom. The van der Waals surface area contributed by atoms with Crippen molar-refractivity contribution >= 4 is 41.0 Å². The van der Waals surface area contributed by atoms with Crippen LogP contribution in [-0.2, 0) is 16.1 Å². The molecule has 170 valence electrons. The predicted octanol–water partition coefficient (Wildman–Crippen LogP) is 4.45. The van der Waals surface area contributed by atoms with Gasteiger partial charge < -0.3 is 10.6 Å². The second-order valence-corrected chi connectivity index (χ2v) is 10.8. The van der Waals surface area contributed by atoms with Gasteiger partial charge in [-0.15, -0.1) is 0 Å². The molecule has 1 heterocycles. The van der Waals surface area contributed by atoms with Crippen LogP contribution in [0.2, 0.25) is 10.0 Å². The molecule has 3 fully saturated rings. The summed E-state index contributed by atoms with van der Waals surface area (Å²) in [4.78, 5) is 39.7. The lowest BCUT2D eigenvalue weighted by atomic mass is 9.69. The number of allylic oxidation sites excluding steroid dienone is 1. The fourth-order valence-electron chi connectivity index (χ4n) is 6.16. The largest absolute Gasteiger partial charge is 0.350 e. The van der Waals surface area contributed by atoms with Crippen LogP contribution in [0.25, 0.3) is 0 Å². The molecule has 4 amide bonds. The second kappa shape index (κ2) is 8.07. The highest BCUT2D eigenvalue weighted by Gasteiger charge is 2.50. The third kappa shape index (κ3) is 3.92. The first-order valence-electron chi connectivity index (χ1n) is 11.3. The van der Waals surface area contributed by atoms with E-state index in [4.69, 9.17) is 23.2 Å². The Balaban J connectivity index is 1.26. The molecule has 4 aliphatic rings. The first-order valence-corrected chi connectivity index (χ1v) is 12.1. The number of carbonyl (C=O) groups is 3. The number of likely N-dealkylation sites (tertiary alicyclic amines) is 1. The van der Waals surface area contributed by atoms with Crippen LogP contribution in [0.15, 0.2) is 29.8 Å². The molecule has 32 heavy (non-hydrogen) atoms. The van der Waals surface area contributed by atoms with Crippen molar-refractivity contribution in [1.29, 1.82) is 0 Å². The Labute approximate surface area is 197 Å². The van der Waals surface area contributed by atoms with E-state index in [2.05, 4.69) is 16.7 Å². The van der Waals surface area contributed by atoms with E-state index in [0.717, 1.165) is 29.2 Å². The standard InChI is InChI=1S/C24H27Cl2N3O3/c1-24(10-13-6-15-8-16(11-24)18(15)7-13)28-23(32)29-20(4-5-21(29)30)22(31)27-12-14-2-3-17(25)9-19(14)26/h2-3,9,11,13,15,18,20H,4-8,10,12H2,1H3,(H,27,31)(H,28,32)/t13?,15?,18?,20-,24?/m0/s1. The number of hydrogen-bond donors (Lipinski definition) is 2. The fraction of sp³-hybridized carbons (Fsp3) is 0.542. The summed E-state index contributed by atoms with van der Waals surface area (Å²) in [5.41, 5.74) is 1.67. The van der Waals surface area contributed by atoms with Crippen LogP contribution in [-0.4, -0.2) is 34.3 Å². The van der Waals surface area contributed by atoms with Gasteiger partial charge in [0.05, 0.1) is 5.54 Å². The lowest BCUT2D eigenvalue weighted by Crippen LogP contribution is -2.56. The summed E-state index contributed by atoms with van der Waals surface area (Å²) in [6.45, 7) is 2.23. The molecule has 2 bridgehead atoms. The number of hydrogen-bond acceptors (Lipinski definition) is 3. The van der Waals surface area contributed by atoms with Crippen molar-refractivity contribution in [3.63, 3.8) is 0 Å². The minimum absolute atomic E-state index is 0.178. The smallest absolute Gasteiger partial charge is 0.325 e. The second-order valence-electron chi connectivity index (χ2n) is 9.95. The van der Waals surface area contributed by atoms with Crippen molar-refractivity contribution in [3.8, 4) is 0 Å². The molecule has 8 heteroatoms. The highest BCUT2D eigenvalue weighted by atomic mass is 35.5. The van der Waals surface area contributed by atoms with E-state index < -0.39 is 17.6 Å². The van der Waals surface area contributed by atoms with Gasteiger partial charge in [-0.05, 0) is 74.5 Å². The lowest BCUT2D eigenvalue weighted by molar-refractivity contribution is -0.132. The first-order chi connectivity index (χ1) is 15.2. The van der Waals surface area contributed by atoms with Crippen molar-refractivity contribution in [2.24, 2.45) is 17.8 Å². The van der Waals surface area contributed by atoms with E-state index in [-0.39, 0.29) is 24.8 Å². The predicted molar refractivity (Wildman–Crippen MR) is 122 cm³/mol. The van der Waals surface area contributed by atoms with Gasteiger partial charge in [0.15, 0.2) is 0 Å². The number of carbonyl (C=O) groups excluding carboxylic acids is 3. The third-order valence-electron chi connectivity index (χ3n) is 7.58. The highest BCUT2D eigenvalue weighted by molar-refractivity contribution is 6.35. The summed E-state index contributed by atoms with van der Waals surface area (Å²) in [6.07, 6.45) is 7.16. The molecule has 3 aliphatic carbocycles. The first kappa shape index (κ1) is 21.8. The van der Waals surface area contributed by atoms with Crippen molar-refractivity contribution in [2.45, 2.75) is 63.6 Å². The van der Waals surface area contributed by atoms with Gasteiger partial charge in [-0.1, -0.05) is 40.9 Å². The maximum atomic E-state index is 13.2. The molecular weight excluding hydrogens is 449 g/mol. The van der Waals surface area contributed by atoms with Gasteiger partial charge >= 0.3 is 6.03 Å². The summed E-state index contributed by atoms with van der Waals surface area (Å²) in [7, 11) is 0. The highest BCUT2D eigenvalue weighted by Crippen LogP contribution is 2.57. The average molecular weight is 476 g/mol. The van der Waals surface area contributed by atoms with Gasteiger partial charge in [-0.3, -0.25) is 14.5 Å². The third-order valence-corrected chi connectivity index (χ3v) is 8.16. The van der Waals surface area contributed by atoms with E-state index >= 15 is 0 Å². The van der Waals surface area contributed by atoms with Crippen LogP contribution in [0.1, 0.15) is 51.0 Å². The Morgan fingerprint density at radius 1 is 1.25 bits per heavy atom. The fourth-order valence-corrected chi connectivity index (χ4v) is 6.63. The molecule has 4 unspecified atom stereocenters. The molecule has 1 saturated heterocycles. The van der Waals surface area contributed by atoms with Crippen LogP contribution in [0.3, 0.4) is 0 Å². The van der Waals surface area contributed by atoms with Crippen molar-refractivity contribution in [2.75, 3.05) is 0 Å². The molecule has 5 atom stereocenters. The number of nitrogens with zero attached hydrogens (tertiary/aromatic N) is 1. The summed E-state index contributed by atoms with van der Waals surface area (Å²) in [5, 5.41) is 6.88. The molecule has 6 nitrogen and oxygen atoms in total. The Hall–Kier alpha value is -2.05. The van der Waals surface area contributed by atoms with Gasteiger partial charge in [0, 0.05) is 23.0 Å². The van der Waals surface area contributed by atoms with Crippen LogP contribution in [0, 0.1) is 17.8 Å². The summed E-state index contributed by atoms with van der Waals surface area (Å²) >= 11 is 12.1. The van der Waals surface area contributed by atoms with Gasteiger partial charge in [0.2, 0.25) is 11.8 Å². The quantitative estimate of drug-likeness (QED) is 0.631. The van der Waals surface area contributed by atoms with Gasteiger partial charge in [0.25, 0.3) is 0 Å². The number of nitrogens with one attached hydrogen (secondary N) is 2. The molecule has 2 saturated carbocycles. The van der Waals surface area contributed by atoms with E-state index in [1.54, 1.807) is 18.2 Å². The Kier molecular flexibility index (Phi) is 5.49. The maximum Gasteiger partial charge on any atom is 0.325 e. The van der Waals surface area contributed by atoms with Crippen molar-refractivity contribution in [3.05, 3.63) is 45.5 Å². The summed E-state index contributed by atoms with van der Waals surface area (Å²) in [6, 6.07) is 3.76. The van der Waals surface area contributed by atoms with Crippen LogP contribution >= 0.6 is 23.2 Å². The number of benzene rings is 1. The molecule has 2 N–H and O–H groups in total. The van der Waals surface area contributed by atoms with Crippen molar-refractivity contribution in [1.82, 2.24) is 15.5 Å². The Morgan fingerprint density at radius 3 is 2.84 bits per heavy atom. The Bertz CT molecular complexity index is 1030. The molecule has 1 aromatic carbocycles. The number of imide groups is 1. The molecule has 0 spiro atoms. The van der Waals surface area contributed by atoms with E-state index in [1.807, 2.05) is 6.92 Å². The van der Waals surface area contributed by atoms with Gasteiger partial charge in [-0.2, -0.15) is 0 Å². The molecular formula is C24H27Cl2N3O3. The van der Waals surface area contributed by atoms with Crippen molar-refractivity contribution < 1.29 is 14.4 Å². The molecule has 1 aromatic rings. The summed E-state index contributed by atoms with van der Waals surface area (Å²) in [5.74, 6) is 1.44. The molecule has 5 rings (SSSR count). The van der Waals surface area contributed by atoms with E-state index in [1.165, 1.54) is 18.4 Å². The van der Waals surface area contributed by atoms with E-state index in [0.29, 0.717) is 28.3 Å². The van der Waals surface area contributed by atoms with Crippen LogP contribution in [0.4, 0.5) is 4.79 Å². The zero-order chi connectivity index (χ0) is 22.6. The number of fused-ring (bicyclic) bond motifs is 1. The van der Waals surface area contributed by atoms with Gasteiger partial charge in [0.1, 0.15) is 6.04 Å². The summed E-state index contributed by atoms with van der Waals surface area (Å²) < 4.78 is 0. The topological polar surface area (TPSA) is 78.5 Å². The number of amides is 4. The SMILES string of the molecule is CC1(NC(=O)N2C(=O)CC[C@H]2C(=O)NCc2ccc(Cl)cc2Cl)C=C2CC3CC(CC23)C1. The molecule has 0 radical (unpaired) electrons.